The van der Waals surface area contributed by atoms with E-state index in [0.717, 1.165) is 19.5 Å². The van der Waals surface area contributed by atoms with Gasteiger partial charge in [0.2, 0.25) is 5.91 Å². The van der Waals surface area contributed by atoms with Crippen molar-refractivity contribution in [2.75, 3.05) is 13.1 Å². The lowest BCUT2D eigenvalue weighted by Gasteiger charge is -2.41. The molecule has 20 heavy (non-hydrogen) atoms. The molecule has 1 saturated heterocycles. The Kier molecular flexibility index (Phi) is 5.18. The molecule has 0 spiro atoms. The predicted molar refractivity (Wildman–Crippen MR) is 82.4 cm³/mol. The van der Waals surface area contributed by atoms with Gasteiger partial charge in [-0.25, -0.2) is 0 Å². The summed E-state index contributed by atoms with van der Waals surface area (Å²) in [6.07, 6.45) is 1.70. The van der Waals surface area contributed by atoms with Gasteiger partial charge in [-0.2, -0.15) is 0 Å². The Morgan fingerprint density at radius 2 is 2.05 bits per heavy atom. The average molecular weight is 274 g/mol. The molecule has 1 aromatic carbocycles. The maximum atomic E-state index is 12.3. The summed E-state index contributed by atoms with van der Waals surface area (Å²) in [5.74, 6) is 0.911. The first kappa shape index (κ1) is 15.0. The second kappa shape index (κ2) is 6.89. The third-order valence-corrected chi connectivity index (χ3v) is 3.96. The van der Waals surface area contributed by atoms with Crippen molar-refractivity contribution in [2.45, 2.75) is 45.7 Å². The third kappa shape index (κ3) is 3.60. The zero-order valence-corrected chi connectivity index (χ0v) is 12.8. The summed E-state index contributed by atoms with van der Waals surface area (Å²) in [7, 11) is 0. The van der Waals surface area contributed by atoms with Crippen molar-refractivity contribution in [1.29, 1.82) is 0 Å². The minimum atomic E-state index is 0.173. The molecule has 3 heteroatoms. The van der Waals surface area contributed by atoms with Gasteiger partial charge in [-0.05, 0) is 17.9 Å². The summed E-state index contributed by atoms with van der Waals surface area (Å²) >= 11 is 0. The SMILES string of the molecule is CCC(=O)N1CC(CC(C)C)NCC1c1ccccc1. The molecule has 3 nitrogen and oxygen atoms in total. The van der Waals surface area contributed by atoms with E-state index in [1.54, 1.807) is 0 Å². The molecule has 0 aliphatic carbocycles. The summed E-state index contributed by atoms with van der Waals surface area (Å²) in [5.41, 5.74) is 1.23. The Hall–Kier alpha value is -1.35. The first-order valence-electron chi connectivity index (χ1n) is 7.69. The van der Waals surface area contributed by atoms with Gasteiger partial charge in [0.25, 0.3) is 0 Å². The molecule has 0 radical (unpaired) electrons. The van der Waals surface area contributed by atoms with Crippen molar-refractivity contribution >= 4 is 5.91 Å². The fourth-order valence-corrected chi connectivity index (χ4v) is 3.00. The molecule has 1 aromatic rings. The molecule has 1 amide bonds. The van der Waals surface area contributed by atoms with E-state index in [9.17, 15) is 4.79 Å². The van der Waals surface area contributed by atoms with Crippen LogP contribution < -0.4 is 5.32 Å². The first-order chi connectivity index (χ1) is 9.61. The molecule has 1 N–H and O–H groups in total. The van der Waals surface area contributed by atoms with Gasteiger partial charge in [-0.3, -0.25) is 4.79 Å². The molecule has 110 valence electrons. The third-order valence-electron chi connectivity index (χ3n) is 3.96. The van der Waals surface area contributed by atoms with E-state index in [0.29, 0.717) is 18.4 Å². The second-order valence-corrected chi connectivity index (χ2v) is 6.06. The summed E-state index contributed by atoms with van der Waals surface area (Å²) in [6, 6.07) is 10.9. The number of rotatable bonds is 4. The smallest absolute Gasteiger partial charge is 0.222 e. The lowest BCUT2D eigenvalue weighted by Crippen LogP contribution is -2.54. The van der Waals surface area contributed by atoms with Gasteiger partial charge >= 0.3 is 0 Å². The summed E-state index contributed by atoms with van der Waals surface area (Å²) in [6.45, 7) is 8.09. The Morgan fingerprint density at radius 3 is 2.65 bits per heavy atom. The molecule has 2 atom stereocenters. The number of carbonyl (C=O) groups is 1. The molecular formula is C17H26N2O. The minimum absolute atomic E-state index is 0.173. The Bertz CT molecular complexity index is 430. The van der Waals surface area contributed by atoms with Crippen molar-refractivity contribution < 1.29 is 4.79 Å². The number of hydrogen-bond donors (Lipinski definition) is 1. The summed E-state index contributed by atoms with van der Waals surface area (Å²) in [4.78, 5) is 14.3. The fraction of sp³-hybridized carbons (Fsp3) is 0.588. The maximum absolute atomic E-state index is 12.3. The van der Waals surface area contributed by atoms with Crippen LogP contribution >= 0.6 is 0 Å². The monoisotopic (exact) mass is 274 g/mol. The Morgan fingerprint density at radius 1 is 1.35 bits per heavy atom. The largest absolute Gasteiger partial charge is 0.333 e. The minimum Gasteiger partial charge on any atom is -0.333 e. The topological polar surface area (TPSA) is 32.3 Å². The number of amides is 1. The predicted octanol–water partition coefficient (Wildman–Crippen LogP) is 2.98. The van der Waals surface area contributed by atoms with Crippen LogP contribution in [0.15, 0.2) is 30.3 Å². The van der Waals surface area contributed by atoms with E-state index in [1.807, 2.05) is 25.1 Å². The van der Waals surface area contributed by atoms with Gasteiger partial charge in [0.1, 0.15) is 0 Å². The van der Waals surface area contributed by atoms with Crippen LogP contribution in [0.3, 0.4) is 0 Å². The normalized spacial score (nSPS) is 23.1. The zero-order valence-electron chi connectivity index (χ0n) is 12.8. The molecule has 0 aromatic heterocycles. The lowest BCUT2D eigenvalue weighted by atomic mass is 9.96. The summed E-state index contributed by atoms with van der Waals surface area (Å²) in [5, 5.41) is 3.61. The van der Waals surface area contributed by atoms with Gasteiger partial charge in [-0.1, -0.05) is 51.1 Å². The molecule has 0 saturated carbocycles. The van der Waals surface area contributed by atoms with E-state index in [1.165, 1.54) is 5.56 Å². The lowest BCUT2D eigenvalue weighted by molar-refractivity contribution is -0.135. The molecule has 1 fully saturated rings. The Labute approximate surface area is 122 Å². The van der Waals surface area contributed by atoms with Crippen LogP contribution in [0.4, 0.5) is 0 Å². The van der Waals surface area contributed by atoms with Crippen LogP contribution in [-0.2, 0) is 4.79 Å². The van der Waals surface area contributed by atoms with Crippen molar-refractivity contribution in [3.8, 4) is 0 Å². The zero-order chi connectivity index (χ0) is 14.5. The van der Waals surface area contributed by atoms with Crippen molar-refractivity contribution in [2.24, 2.45) is 5.92 Å². The van der Waals surface area contributed by atoms with Crippen molar-refractivity contribution in [3.05, 3.63) is 35.9 Å². The maximum Gasteiger partial charge on any atom is 0.222 e. The molecule has 2 unspecified atom stereocenters. The van der Waals surface area contributed by atoms with Crippen LogP contribution in [0.1, 0.15) is 45.2 Å². The summed E-state index contributed by atoms with van der Waals surface area (Å²) < 4.78 is 0. The van der Waals surface area contributed by atoms with E-state index in [4.69, 9.17) is 0 Å². The van der Waals surface area contributed by atoms with Crippen LogP contribution in [0, 0.1) is 5.92 Å². The number of hydrogen-bond acceptors (Lipinski definition) is 2. The average Bonchev–Trinajstić information content (AvgIpc) is 2.46. The van der Waals surface area contributed by atoms with Crippen LogP contribution in [0.5, 0.6) is 0 Å². The van der Waals surface area contributed by atoms with Crippen LogP contribution in [-0.4, -0.2) is 29.9 Å². The number of benzene rings is 1. The number of piperazine rings is 1. The first-order valence-corrected chi connectivity index (χ1v) is 7.69. The van der Waals surface area contributed by atoms with Gasteiger partial charge in [0.05, 0.1) is 6.04 Å². The highest BCUT2D eigenvalue weighted by atomic mass is 16.2. The highest BCUT2D eigenvalue weighted by molar-refractivity contribution is 5.76. The van der Waals surface area contributed by atoms with Gasteiger partial charge in [-0.15, -0.1) is 0 Å². The van der Waals surface area contributed by atoms with Crippen LogP contribution in [0.2, 0.25) is 0 Å². The number of carbonyl (C=O) groups excluding carboxylic acids is 1. The molecule has 1 aliphatic heterocycles. The van der Waals surface area contributed by atoms with Crippen molar-refractivity contribution in [1.82, 2.24) is 10.2 Å². The van der Waals surface area contributed by atoms with Crippen LogP contribution in [0.25, 0.3) is 0 Å². The molecular weight excluding hydrogens is 248 g/mol. The standard InChI is InChI=1S/C17H26N2O/c1-4-17(20)19-12-15(10-13(2)3)18-11-16(19)14-8-6-5-7-9-14/h5-9,13,15-16,18H,4,10-12H2,1-3H3. The van der Waals surface area contributed by atoms with E-state index in [-0.39, 0.29) is 11.9 Å². The van der Waals surface area contributed by atoms with E-state index in [2.05, 4.69) is 36.2 Å². The Balaban J connectivity index is 2.14. The molecule has 0 bridgehead atoms. The van der Waals surface area contributed by atoms with E-state index < -0.39 is 0 Å². The molecule has 1 aliphatic rings. The molecule has 2 rings (SSSR count). The molecule has 1 heterocycles. The second-order valence-electron chi connectivity index (χ2n) is 6.06. The van der Waals surface area contributed by atoms with Gasteiger partial charge in [0, 0.05) is 25.6 Å². The number of nitrogens with one attached hydrogen (secondary N) is 1. The quantitative estimate of drug-likeness (QED) is 0.915. The fourth-order valence-electron chi connectivity index (χ4n) is 3.00. The van der Waals surface area contributed by atoms with Gasteiger partial charge in [0.15, 0.2) is 0 Å². The van der Waals surface area contributed by atoms with Gasteiger partial charge < -0.3 is 10.2 Å². The van der Waals surface area contributed by atoms with Crippen molar-refractivity contribution in [3.63, 3.8) is 0 Å². The van der Waals surface area contributed by atoms with E-state index >= 15 is 0 Å². The highest BCUT2D eigenvalue weighted by Crippen LogP contribution is 2.25. The highest BCUT2D eigenvalue weighted by Gasteiger charge is 2.31. The number of nitrogens with zero attached hydrogens (tertiary/aromatic N) is 1.